The van der Waals surface area contributed by atoms with Crippen LogP contribution in [0.3, 0.4) is 0 Å². The van der Waals surface area contributed by atoms with Crippen LogP contribution in [0.5, 0.6) is 0 Å². The lowest BCUT2D eigenvalue weighted by molar-refractivity contribution is 0.0322. The molecule has 0 aromatic rings. The summed E-state index contributed by atoms with van der Waals surface area (Å²) in [6.07, 6.45) is 4.07. The Bertz CT molecular complexity index is 101. The topological polar surface area (TPSA) is 29.5 Å². The first kappa shape index (κ1) is 6.62. The first-order valence-electron chi connectivity index (χ1n) is 3.29. The molecule has 1 fully saturated rings. The lowest BCUT2D eigenvalue weighted by Crippen LogP contribution is -2.20. The molecule has 1 rings (SSSR count). The third-order valence-corrected chi connectivity index (χ3v) is 1.69. The summed E-state index contributed by atoms with van der Waals surface area (Å²) < 4.78 is 5.03. The van der Waals surface area contributed by atoms with Crippen molar-refractivity contribution in [2.45, 2.75) is 31.5 Å². The monoisotopic (exact) mass is 128 g/mol. The molecule has 2 atom stereocenters. The predicted octanol–water partition coefficient (Wildman–Crippen LogP) is 1.06. The summed E-state index contributed by atoms with van der Waals surface area (Å²) in [5.41, 5.74) is 0. The molecule has 2 heteroatoms. The molecule has 9 heavy (non-hydrogen) atoms. The van der Waals surface area contributed by atoms with Gasteiger partial charge in [-0.2, -0.15) is 0 Å². The Kier molecular flexibility index (Phi) is 2.11. The fraction of sp³-hybridized carbons (Fsp3) is 0.714. The highest BCUT2D eigenvalue weighted by atomic mass is 16.5. The van der Waals surface area contributed by atoms with Crippen molar-refractivity contribution in [3.8, 4) is 0 Å². The zero-order valence-electron chi connectivity index (χ0n) is 5.42. The van der Waals surface area contributed by atoms with E-state index in [9.17, 15) is 0 Å². The van der Waals surface area contributed by atoms with Crippen molar-refractivity contribution >= 4 is 0 Å². The highest BCUT2D eigenvalue weighted by Gasteiger charge is 2.25. The molecule has 0 radical (unpaired) electrons. The summed E-state index contributed by atoms with van der Waals surface area (Å²) in [4.78, 5) is 0. The minimum atomic E-state index is -0.261. The number of aliphatic hydroxyl groups is 1. The molecular weight excluding hydrogens is 116 g/mol. The van der Waals surface area contributed by atoms with Crippen molar-refractivity contribution in [1.82, 2.24) is 0 Å². The van der Waals surface area contributed by atoms with Gasteiger partial charge in [-0.3, -0.25) is 0 Å². The zero-order valence-corrected chi connectivity index (χ0v) is 5.42. The summed E-state index contributed by atoms with van der Waals surface area (Å²) in [7, 11) is 0. The summed E-state index contributed by atoms with van der Waals surface area (Å²) in [6, 6.07) is 0. The van der Waals surface area contributed by atoms with Gasteiger partial charge in [-0.15, -0.1) is 0 Å². The van der Waals surface area contributed by atoms with E-state index < -0.39 is 0 Å². The summed E-state index contributed by atoms with van der Waals surface area (Å²) in [5.74, 6) is 0. The van der Waals surface area contributed by atoms with Crippen molar-refractivity contribution in [1.29, 1.82) is 0 Å². The average molecular weight is 128 g/mol. The van der Waals surface area contributed by atoms with Gasteiger partial charge in [0, 0.05) is 0 Å². The Morgan fingerprint density at radius 1 is 1.56 bits per heavy atom. The average Bonchev–Trinajstić information content (AvgIpc) is 2.18. The van der Waals surface area contributed by atoms with Gasteiger partial charge in [0.2, 0.25) is 0 Å². The van der Waals surface area contributed by atoms with E-state index >= 15 is 0 Å². The maximum atomic E-state index is 9.15. The van der Waals surface area contributed by atoms with E-state index in [4.69, 9.17) is 9.84 Å². The maximum absolute atomic E-state index is 9.15. The Morgan fingerprint density at radius 3 is 2.78 bits per heavy atom. The molecule has 0 unspecified atom stereocenters. The fourth-order valence-corrected chi connectivity index (χ4v) is 1.19. The molecule has 52 valence electrons. The summed E-state index contributed by atoms with van der Waals surface area (Å²) in [5, 5.41) is 9.15. The van der Waals surface area contributed by atoms with Gasteiger partial charge in [-0.25, -0.2) is 0 Å². The molecule has 0 bridgehead atoms. The Balaban J connectivity index is 2.30. The Hall–Kier alpha value is -0.500. The number of ether oxygens (including phenoxy) is 1. The van der Waals surface area contributed by atoms with Gasteiger partial charge in [-0.05, 0) is 19.3 Å². The standard InChI is InChI=1S/C7H12O2/c1-2-9-7-5-3-4-6(7)8/h2,6-8H,1,3-5H2/t6-,7+/m0/s1. The van der Waals surface area contributed by atoms with E-state index in [0.717, 1.165) is 19.3 Å². The third kappa shape index (κ3) is 1.45. The molecule has 0 aromatic carbocycles. The van der Waals surface area contributed by atoms with Crippen LogP contribution >= 0.6 is 0 Å². The zero-order chi connectivity index (χ0) is 6.69. The second-order valence-electron chi connectivity index (χ2n) is 2.34. The van der Waals surface area contributed by atoms with Crippen LogP contribution in [-0.2, 0) is 4.74 Å². The first-order valence-corrected chi connectivity index (χ1v) is 3.29. The van der Waals surface area contributed by atoms with E-state index in [2.05, 4.69) is 6.58 Å². The largest absolute Gasteiger partial charge is 0.496 e. The minimum Gasteiger partial charge on any atom is -0.496 e. The normalized spacial score (nSPS) is 34.3. The molecule has 1 aliphatic carbocycles. The number of rotatable bonds is 2. The van der Waals surface area contributed by atoms with E-state index in [1.54, 1.807) is 0 Å². The SMILES string of the molecule is C=CO[C@@H]1CCC[C@@H]1O. The third-order valence-electron chi connectivity index (χ3n) is 1.69. The van der Waals surface area contributed by atoms with Gasteiger partial charge in [0.1, 0.15) is 6.10 Å². The van der Waals surface area contributed by atoms with Crippen LogP contribution in [0.2, 0.25) is 0 Å². The first-order chi connectivity index (χ1) is 4.34. The molecule has 0 amide bonds. The Labute approximate surface area is 55.1 Å². The maximum Gasteiger partial charge on any atom is 0.124 e. The highest BCUT2D eigenvalue weighted by Crippen LogP contribution is 2.21. The van der Waals surface area contributed by atoms with E-state index in [1.165, 1.54) is 6.26 Å². The van der Waals surface area contributed by atoms with Gasteiger partial charge in [0.15, 0.2) is 0 Å². The second-order valence-corrected chi connectivity index (χ2v) is 2.34. The van der Waals surface area contributed by atoms with Crippen LogP contribution < -0.4 is 0 Å². The molecule has 0 aromatic heterocycles. The van der Waals surface area contributed by atoms with Crippen molar-refractivity contribution < 1.29 is 9.84 Å². The number of hydrogen-bond donors (Lipinski definition) is 1. The number of aliphatic hydroxyl groups excluding tert-OH is 1. The van der Waals surface area contributed by atoms with Crippen LogP contribution in [0.15, 0.2) is 12.8 Å². The van der Waals surface area contributed by atoms with Crippen LogP contribution in [0.25, 0.3) is 0 Å². The molecule has 0 aliphatic heterocycles. The van der Waals surface area contributed by atoms with E-state index in [1.807, 2.05) is 0 Å². The van der Waals surface area contributed by atoms with Gasteiger partial charge >= 0.3 is 0 Å². The van der Waals surface area contributed by atoms with E-state index in [0.29, 0.717) is 0 Å². The van der Waals surface area contributed by atoms with Crippen molar-refractivity contribution in [2.24, 2.45) is 0 Å². The van der Waals surface area contributed by atoms with Gasteiger partial charge in [-0.1, -0.05) is 6.58 Å². The van der Waals surface area contributed by atoms with Crippen molar-refractivity contribution in [2.75, 3.05) is 0 Å². The molecule has 1 N–H and O–H groups in total. The molecule has 0 heterocycles. The molecular formula is C7H12O2. The van der Waals surface area contributed by atoms with E-state index in [-0.39, 0.29) is 12.2 Å². The van der Waals surface area contributed by atoms with Crippen LogP contribution in [0.4, 0.5) is 0 Å². The molecule has 2 nitrogen and oxygen atoms in total. The lowest BCUT2D eigenvalue weighted by atomic mass is 10.3. The Morgan fingerprint density at radius 2 is 2.33 bits per heavy atom. The van der Waals surface area contributed by atoms with Crippen LogP contribution in [0.1, 0.15) is 19.3 Å². The predicted molar refractivity (Wildman–Crippen MR) is 34.9 cm³/mol. The summed E-state index contributed by atoms with van der Waals surface area (Å²) >= 11 is 0. The quantitative estimate of drug-likeness (QED) is 0.563. The second kappa shape index (κ2) is 2.87. The van der Waals surface area contributed by atoms with Crippen LogP contribution in [-0.4, -0.2) is 17.3 Å². The molecule has 0 saturated heterocycles. The molecule has 1 aliphatic rings. The smallest absolute Gasteiger partial charge is 0.124 e. The lowest BCUT2D eigenvalue weighted by Gasteiger charge is -2.12. The molecule has 1 saturated carbocycles. The van der Waals surface area contributed by atoms with Crippen molar-refractivity contribution in [3.63, 3.8) is 0 Å². The summed E-state index contributed by atoms with van der Waals surface area (Å²) in [6.45, 7) is 3.43. The molecule has 0 spiro atoms. The van der Waals surface area contributed by atoms with Gasteiger partial charge in [0.25, 0.3) is 0 Å². The minimum absolute atomic E-state index is 0.0162. The van der Waals surface area contributed by atoms with Gasteiger partial charge in [0.05, 0.1) is 12.4 Å². The highest BCUT2D eigenvalue weighted by molar-refractivity contribution is 4.78. The number of hydrogen-bond acceptors (Lipinski definition) is 2. The van der Waals surface area contributed by atoms with Crippen molar-refractivity contribution in [3.05, 3.63) is 12.8 Å². The van der Waals surface area contributed by atoms with Gasteiger partial charge < -0.3 is 9.84 Å². The fourth-order valence-electron chi connectivity index (χ4n) is 1.19. The van der Waals surface area contributed by atoms with Crippen LogP contribution in [0, 0.1) is 0 Å².